The quantitative estimate of drug-likeness (QED) is 0.633. The van der Waals surface area contributed by atoms with Gasteiger partial charge in [-0.3, -0.25) is 4.79 Å². The summed E-state index contributed by atoms with van der Waals surface area (Å²) in [6.07, 6.45) is 3.63. The van der Waals surface area contributed by atoms with E-state index in [-0.39, 0.29) is 24.7 Å². The summed E-state index contributed by atoms with van der Waals surface area (Å²) in [5.41, 5.74) is 0.751. The Balaban J connectivity index is 1.35. The molecule has 1 aliphatic heterocycles. The Hall–Kier alpha value is -3.20. The maximum absolute atomic E-state index is 12.0. The van der Waals surface area contributed by atoms with E-state index in [1.165, 1.54) is 0 Å². The van der Waals surface area contributed by atoms with Crippen molar-refractivity contribution in [2.75, 3.05) is 31.1 Å². The number of hydrogen-bond donors (Lipinski definition) is 1. The Labute approximate surface area is 175 Å². The zero-order valence-electron chi connectivity index (χ0n) is 17.2. The first-order valence-corrected chi connectivity index (χ1v) is 10.1. The van der Waals surface area contributed by atoms with Gasteiger partial charge in [0.05, 0.1) is 30.3 Å². The molecule has 3 aromatic rings. The third-order valence-corrected chi connectivity index (χ3v) is 4.89. The van der Waals surface area contributed by atoms with Gasteiger partial charge in [-0.1, -0.05) is 18.2 Å². The number of carbonyl (C=O) groups excluding carboxylic acids is 1. The highest BCUT2D eigenvalue weighted by Gasteiger charge is 2.25. The zero-order valence-corrected chi connectivity index (χ0v) is 17.2. The Morgan fingerprint density at radius 2 is 1.97 bits per heavy atom. The van der Waals surface area contributed by atoms with Gasteiger partial charge in [0.15, 0.2) is 12.3 Å². The first kappa shape index (κ1) is 20.1. The monoisotopic (exact) mass is 410 g/mol. The summed E-state index contributed by atoms with van der Waals surface area (Å²) in [5, 5.41) is 8.20. The van der Waals surface area contributed by atoms with Crippen molar-refractivity contribution < 1.29 is 14.3 Å². The lowest BCUT2D eigenvalue weighted by Crippen LogP contribution is -2.45. The summed E-state index contributed by atoms with van der Waals surface area (Å²) in [6.45, 7) is 6.59. The lowest BCUT2D eigenvalue weighted by atomic mass is 10.2. The van der Waals surface area contributed by atoms with Gasteiger partial charge in [0, 0.05) is 19.6 Å². The van der Waals surface area contributed by atoms with Gasteiger partial charge < -0.3 is 19.7 Å². The number of nitrogens with one attached hydrogen (secondary N) is 1. The first-order chi connectivity index (χ1) is 14.6. The third kappa shape index (κ3) is 4.68. The number of carbonyl (C=O) groups is 1. The summed E-state index contributed by atoms with van der Waals surface area (Å²) in [6, 6.07) is 9.26. The van der Waals surface area contributed by atoms with E-state index in [2.05, 4.69) is 39.1 Å². The number of fused-ring (bicyclic) bond motifs is 1. The molecule has 0 saturated carbocycles. The minimum absolute atomic E-state index is 0.0242. The van der Waals surface area contributed by atoms with Crippen LogP contribution in [0, 0.1) is 0 Å². The molecule has 9 nitrogen and oxygen atoms in total. The molecule has 1 aromatic carbocycles. The molecule has 2 atom stereocenters. The van der Waals surface area contributed by atoms with E-state index in [0.29, 0.717) is 18.8 Å². The second-order valence-corrected chi connectivity index (χ2v) is 7.42. The molecule has 1 saturated heterocycles. The van der Waals surface area contributed by atoms with E-state index in [1.54, 1.807) is 17.2 Å². The molecule has 1 N–H and O–H groups in total. The largest absolute Gasteiger partial charge is 0.484 e. The molecule has 0 bridgehead atoms. The third-order valence-electron chi connectivity index (χ3n) is 4.89. The molecule has 30 heavy (non-hydrogen) atoms. The molecule has 0 radical (unpaired) electrons. The highest BCUT2D eigenvalue weighted by molar-refractivity contribution is 5.86. The second kappa shape index (κ2) is 9.08. The van der Waals surface area contributed by atoms with Crippen LogP contribution in [0.3, 0.4) is 0 Å². The smallest absolute Gasteiger partial charge is 0.258 e. The van der Waals surface area contributed by atoms with Crippen LogP contribution in [0.15, 0.2) is 42.9 Å². The van der Waals surface area contributed by atoms with Gasteiger partial charge in [-0.2, -0.15) is 5.10 Å². The van der Waals surface area contributed by atoms with Crippen molar-refractivity contribution in [2.24, 2.45) is 0 Å². The highest BCUT2D eigenvalue weighted by Crippen LogP contribution is 2.25. The van der Waals surface area contributed by atoms with Crippen molar-refractivity contribution >= 4 is 22.8 Å². The summed E-state index contributed by atoms with van der Waals surface area (Å²) in [4.78, 5) is 23.1. The molecular formula is C21H26N6O3. The SMILES string of the molecule is CC1CN(c2ncnc3c2cnn3CCNC(=O)COc2ccccc2)CC(C)O1. The zero-order chi connectivity index (χ0) is 20.9. The van der Waals surface area contributed by atoms with E-state index in [4.69, 9.17) is 9.47 Å². The molecule has 158 valence electrons. The number of hydrogen-bond acceptors (Lipinski definition) is 7. The Morgan fingerprint density at radius 3 is 2.73 bits per heavy atom. The predicted molar refractivity (Wildman–Crippen MR) is 112 cm³/mol. The molecule has 0 spiro atoms. The maximum atomic E-state index is 12.0. The van der Waals surface area contributed by atoms with Crippen molar-refractivity contribution in [3.63, 3.8) is 0 Å². The number of anilines is 1. The van der Waals surface area contributed by atoms with Crippen LogP contribution in [0.4, 0.5) is 5.82 Å². The van der Waals surface area contributed by atoms with Crippen molar-refractivity contribution in [3.8, 4) is 5.75 Å². The van der Waals surface area contributed by atoms with E-state index in [0.717, 1.165) is 29.9 Å². The average Bonchev–Trinajstić information content (AvgIpc) is 3.15. The van der Waals surface area contributed by atoms with E-state index in [9.17, 15) is 4.79 Å². The number of nitrogens with zero attached hydrogens (tertiary/aromatic N) is 5. The van der Waals surface area contributed by atoms with Crippen LogP contribution in [-0.4, -0.2) is 64.1 Å². The number of morpholine rings is 1. The predicted octanol–water partition coefficient (Wildman–Crippen LogP) is 1.64. The fourth-order valence-electron chi connectivity index (χ4n) is 3.66. The topological polar surface area (TPSA) is 94.4 Å². The summed E-state index contributed by atoms with van der Waals surface area (Å²) in [5.74, 6) is 1.36. The van der Waals surface area contributed by atoms with Crippen LogP contribution in [0.25, 0.3) is 11.0 Å². The molecule has 1 amide bonds. The van der Waals surface area contributed by atoms with Crippen LogP contribution in [0.5, 0.6) is 5.75 Å². The molecule has 0 aliphatic carbocycles. The van der Waals surface area contributed by atoms with Crippen molar-refractivity contribution in [1.82, 2.24) is 25.1 Å². The van der Waals surface area contributed by atoms with Gasteiger partial charge in [-0.15, -0.1) is 0 Å². The van der Waals surface area contributed by atoms with Gasteiger partial charge in [0.25, 0.3) is 5.91 Å². The van der Waals surface area contributed by atoms with Gasteiger partial charge >= 0.3 is 0 Å². The van der Waals surface area contributed by atoms with Crippen LogP contribution >= 0.6 is 0 Å². The van der Waals surface area contributed by atoms with Crippen LogP contribution in [0.1, 0.15) is 13.8 Å². The molecule has 2 unspecified atom stereocenters. The number of rotatable bonds is 7. The normalized spacial score (nSPS) is 19.1. The van der Waals surface area contributed by atoms with Crippen molar-refractivity contribution in [2.45, 2.75) is 32.6 Å². The fourth-order valence-corrected chi connectivity index (χ4v) is 3.66. The van der Waals surface area contributed by atoms with Crippen LogP contribution < -0.4 is 15.0 Å². The second-order valence-electron chi connectivity index (χ2n) is 7.42. The minimum Gasteiger partial charge on any atom is -0.484 e. The average molecular weight is 410 g/mol. The van der Waals surface area contributed by atoms with Gasteiger partial charge in [0.2, 0.25) is 0 Å². The molecule has 2 aromatic heterocycles. The summed E-state index contributed by atoms with van der Waals surface area (Å²) < 4.78 is 13.1. The summed E-state index contributed by atoms with van der Waals surface area (Å²) >= 11 is 0. The summed E-state index contributed by atoms with van der Waals surface area (Å²) in [7, 11) is 0. The molecule has 1 fully saturated rings. The minimum atomic E-state index is -0.179. The van der Waals surface area contributed by atoms with Crippen molar-refractivity contribution in [3.05, 3.63) is 42.9 Å². The van der Waals surface area contributed by atoms with Gasteiger partial charge in [-0.05, 0) is 26.0 Å². The number of aromatic nitrogens is 4. The number of benzene rings is 1. The molecule has 4 rings (SSSR count). The molecule has 9 heteroatoms. The number of ether oxygens (including phenoxy) is 2. The van der Waals surface area contributed by atoms with E-state index < -0.39 is 0 Å². The highest BCUT2D eigenvalue weighted by atomic mass is 16.5. The van der Waals surface area contributed by atoms with E-state index in [1.807, 2.05) is 30.3 Å². The Morgan fingerprint density at radius 1 is 1.20 bits per heavy atom. The number of para-hydroxylation sites is 1. The molecule has 3 heterocycles. The van der Waals surface area contributed by atoms with Crippen molar-refractivity contribution in [1.29, 1.82) is 0 Å². The molecule has 1 aliphatic rings. The first-order valence-electron chi connectivity index (χ1n) is 10.1. The van der Waals surface area contributed by atoms with Crippen LogP contribution in [0.2, 0.25) is 0 Å². The lowest BCUT2D eigenvalue weighted by molar-refractivity contribution is -0.123. The number of amides is 1. The Bertz CT molecular complexity index is 983. The Kier molecular flexibility index (Phi) is 6.08. The van der Waals surface area contributed by atoms with Gasteiger partial charge in [-0.25, -0.2) is 14.6 Å². The van der Waals surface area contributed by atoms with E-state index >= 15 is 0 Å². The van der Waals surface area contributed by atoms with Crippen LogP contribution in [-0.2, 0) is 16.1 Å². The maximum Gasteiger partial charge on any atom is 0.258 e. The fraction of sp³-hybridized carbons (Fsp3) is 0.429. The molecular weight excluding hydrogens is 384 g/mol. The lowest BCUT2D eigenvalue weighted by Gasteiger charge is -2.36. The van der Waals surface area contributed by atoms with Gasteiger partial charge in [0.1, 0.15) is 17.9 Å². The standard InChI is InChI=1S/C21H26N6O3/c1-15-11-26(12-16(2)30-15)20-18-10-25-27(21(18)24-14-23-20)9-8-22-19(28)13-29-17-6-4-3-5-7-17/h3-7,10,14-16H,8-9,11-13H2,1-2H3,(H,22,28).